The Labute approximate surface area is 192 Å². The van der Waals surface area contributed by atoms with Gasteiger partial charge in [0.15, 0.2) is 6.61 Å². The summed E-state index contributed by atoms with van der Waals surface area (Å²) in [5, 5.41) is 6.13. The summed E-state index contributed by atoms with van der Waals surface area (Å²) in [6.45, 7) is 4.77. The van der Waals surface area contributed by atoms with Crippen LogP contribution in [0, 0.1) is 6.92 Å². The van der Waals surface area contributed by atoms with Gasteiger partial charge in [0.05, 0.1) is 20.3 Å². The summed E-state index contributed by atoms with van der Waals surface area (Å²) in [5.74, 6) is 2.50. The Morgan fingerprint density at radius 2 is 1.67 bits per heavy atom. The lowest BCUT2D eigenvalue weighted by molar-refractivity contribution is -0.118. The second-order valence-corrected chi connectivity index (χ2v) is 7.51. The average Bonchev–Trinajstić information content (AvgIpc) is 2.84. The molecule has 0 atom stereocenters. The van der Waals surface area contributed by atoms with Gasteiger partial charge in [-0.2, -0.15) is 4.98 Å². The Balaban J connectivity index is 1.31. The number of aromatic nitrogens is 2. The van der Waals surface area contributed by atoms with Crippen molar-refractivity contribution in [1.82, 2.24) is 9.97 Å². The molecule has 0 aliphatic carbocycles. The molecule has 9 heteroatoms. The molecule has 0 radical (unpaired) electrons. The van der Waals surface area contributed by atoms with Gasteiger partial charge < -0.3 is 29.7 Å². The maximum absolute atomic E-state index is 12.2. The van der Waals surface area contributed by atoms with E-state index in [2.05, 4.69) is 25.5 Å². The summed E-state index contributed by atoms with van der Waals surface area (Å²) in [5.41, 5.74) is 2.42. The predicted molar refractivity (Wildman–Crippen MR) is 127 cm³/mol. The molecule has 1 aliphatic rings. The molecule has 4 rings (SSSR count). The molecule has 2 aromatic carbocycles. The summed E-state index contributed by atoms with van der Waals surface area (Å²) in [4.78, 5) is 23.5. The van der Waals surface area contributed by atoms with E-state index in [1.165, 1.54) is 0 Å². The first-order valence-electron chi connectivity index (χ1n) is 10.7. The molecule has 3 aromatic rings. The molecule has 9 nitrogen and oxygen atoms in total. The number of aryl methyl sites for hydroxylation is 1. The number of morpholine rings is 1. The van der Waals surface area contributed by atoms with Crippen molar-refractivity contribution in [2.45, 2.75) is 6.92 Å². The molecule has 1 aromatic heterocycles. The Bertz CT molecular complexity index is 1070. The van der Waals surface area contributed by atoms with Crippen molar-refractivity contribution >= 4 is 29.0 Å². The van der Waals surface area contributed by atoms with Crippen molar-refractivity contribution in [3.05, 3.63) is 60.3 Å². The molecular formula is C24H27N5O4. The predicted octanol–water partition coefficient (Wildman–Crippen LogP) is 3.39. The second-order valence-electron chi connectivity index (χ2n) is 7.51. The normalized spacial score (nSPS) is 13.3. The number of methoxy groups -OCH3 is 1. The van der Waals surface area contributed by atoms with E-state index in [0.717, 1.165) is 30.2 Å². The highest BCUT2D eigenvalue weighted by Gasteiger charge is 2.15. The summed E-state index contributed by atoms with van der Waals surface area (Å²) < 4.78 is 16.0. The zero-order valence-corrected chi connectivity index (χ0v) is 18.7. The third kappa shape index (κ3) is 6.33. The molecule has 0 bridgehead atoms. The van der Waals surface area contributed by atoms with Crippen LogP contribution in [0.1, 0.15) is 5.69 Å². The van der Waals surface area contributed by atoms with Gasteiger partial charge in [-0.15, -0.1) is 0 Å². The van der Waals surface area contributed by atoms with Crippen LogP contribution in [0.3, 0.4) is 0 Å². The third-order valence-corrected chi connectivity index (χ3v) is 5.01. The number of rotatable bonds is 8. The molecule has 1 saturated heterocycles. The SMILES string of the molecule is COc1ccc(OCC(=O)Nc2ccc(Nc3cc(C)nc(N4CCOCC4)n3)cc2)cc1. The first-order valence-corrected chi connectivity index (χ1v) is 10.7. The van der Waals surface area contributed by atoms with Crippen molar-refractivity contribution in [2.75, 3.05) is 55.6 Å². The topological polar surface area (TPSA) is 97.8 Å². The quantitative estimate of drug-likeness (QED) is 0.540. The van der Waals surface area contributed by atoms with Gasteiger partial charge in [0.1, 0.15) is 17.3 Å². The van der Waals surface area contributed by atoms with Gasteiger partial charge >= 0.3 is 0 Å². The molecule has 33 heavy (non-hydrogen) atoms. The standard InChI is InChI=1S/C24H27N5O4/c1-17-15-22(28-24(25-17)29-11-13-32-14-12-29)26-18-3-5-19(6-4-18)27-23(30)16-33-21-9-7-20(31-2)8-10-21/h3-10,15H,11-14,16H2,1-2H3,(H,27,30)(H,25,26,28). The number of hydrogen-bond donors (Lipinski definition) is 2. The Morgan fingerprint density at radius 3 is 2.36 bits per heavy atom. The van der Waals surface area contributed by atoms with Gasteiger partial charge in [0.25, 0.3) is 5.91 Å². The summed E-state index contributed by atoms with van der Waals surface area (Å²) >= 11 is 0. The first kappa shape index (κ1) is 22.3. The van der Waals surface area contributed by atoms with Crippen LogP contribution in [0.4, 0.5) is 23.1 Å². The van der Waals surface area contributed by atoms with Crippen LogP contribution in [-0.2, 0) is 9.53 Å². The number of nitrogens with one attached hydrogen (secondary N) is 2. The molecule has 1 aliphatic heterocycles. The van der Waals surface area contributed by atoms with Crippen LogP contribution in [0.2, 0.25) is 0 Å². The van der Waals surface area contributed by atoms with Crippen LogP contribution >= 0.6 is 0 Å². The molecule has 1 amide bonds. The fraction of sp³-hybridized carbons (Fsp3) is 0.292. The fourth-order valence-electron chi connectivity index (χ4n) is 3.32. The Morgan fingerprint density at radius 1 is 1.00 bits per heavy atom. The number of carbonyl (C=O) groups excluding carboxylic acids is 1. The number of ether oxygens (including phenoxy) is 3. The van der Waals surface area contributed by atoms with E-state index in [4.69, 9.17) is 14.2 Å². The number of benzene rings is 2. The van der Waals surface area contributed by atoms with Crippen LogP contribution in [0.15, 0.2) is 54.6 Å². The Kier molecular flexibility index (Phi) is 7.21. The van der Waals surface area contributed by atoms with Gasteiger partial charge in [-0.05, 0) is 55.5 Å². The lowest BCUT2D eigenvalue weighted by Crippen LogP contribution is -2.37. The fourth-order valence-corrected chi connectivity index (χ4v) is 3.32. The Hall–Kier alpha value is -3.85. The smallest absolute Gasteiger partial charge is 0.262 e. The van der Waals surface area contributed by atoms with Crippen molar-refractivity contribution in [3.63, 3.8) is 0 Å². The van der Waals surface area contributed by atoms with Crippen LogP contribution < -0.4 is 25.0 Å². The lowest BCUT2D eigenvalue weighted by atomic mass is 10.2. The number of carbonyl (C=O) groups is 1. The molecule has 2 heterocycles. The van der Waals surface area contributed by atoms with E-state index in [-0.39, 0.29) is 12.5 Å². The summed E-state index contributed by atoms with van der Waals surface area (Å²) in [6, 6.07) is 16.4. The van der Waals surface area contributed by atoms with Crippen molar-refractivity contribution < 1.29 is 19.0 Å². The highest BCUT2D eigenvalue weighted by Crippen LogP contribution is 2.21. The second kappa shape index (κ2) is 10.6. The van der Waals surface area contributed by atoms with E-state index >= 15 is 0 Å². The average molecular weight is 450 g/mol. The maximum atomic E-state index is 12.2. The third-order valence-electron chi connectivity index (χ3n) is 5.01. The van der Waals surface area contributed by atoms with E-state index in [9.17, 15) is 4.79 Å². The van der Waals surface area contributed by atoms with Gasteiger partial charge in [-0.3, -0.25) is 4.79 Å². The van der Waals surface area contributed by atoms with E-state index in [0.29, 0.717) is 36.4 Å². The summed E-state index contributed by atoms with van der Waals surface area (Å²) in [7, 11) is 1.60. The van der Waals surface area contributed by atoms with Gasteiger partial charge in [0, 0.05) is 36.2 Å². The van der Waals surface area contributed by atoms with Crippen molar-refractivity contribution in [1.29, 1.82) is 0 Å². The highest BCUT2D eigenvalue weighted by molar-refractivity contribution is 5.92. The molecule has 2 N–H and O–H groups in total. The van der Waals surface area contributed by atoms with Crippen LogP contribution in [-0.4, -0.2) is 55.9 Å². The lowest BCUT2D eigenvalue weighted by Gasteiger charge is -2.27. The minimum Gasteiger partial charge on any atom is -0.497 e. The number of nitrogens with zero attached hydrogens (tertiary/aromatic N) is 3. The molecule has 0 spiro atoms. The number of hydrogen-bond acceptors (Lipinski definition) is 8. The molecule has 0 saturated carbocycles. The van der Waals surface area contributed by atoms with Gasteiger partial charge in [0.2, 0.25) is 5.95 Å². The molecule has 172 valence electrons. The zero-order valence-electron chi connectivity index (χ0n) is 18.7. The minimum atomic E-state index is -0.242. The number of amides is 1. The molecule has 1 fully saturated rings. The highest BCUT2D eigenvalue weighted by atomic mass is 16.5. The first-order chi connectivity index (χ1) is 16.1. The largest absolute Gasteiger partial charge is 0.497 e. The van der Waals surface area contributed by atoms with E-state index < -0.39 is 0 Å². The summed E-state index contributed by atoms with van der Waals surface area (Å²) in [6.07, 6.45) is 0. The van der Waals surface area contributed by atoms with Crippen LogP contribution in [0.25, 0.3) is 0 Å². The van der Waals surface area contributed by atoms with E-state index in [1.807, 2.05) is 37.3 Å². The minimum absolute atomic E-state index is 0.0864. The van der Waals surface area contributed by atoms with E-state index in [1.54, 1.807) is 31.4 Å². The molecule has 0 unspecified atom stereocenters. The number of anilines is 4. The monoisotopic (exact) mass is 449 g/mol. The zero-order chi connectivity index (χ0) is 23.0. The van der Waals surface area contributed by atoms with Crippen LogP contribution in [0.5, 0.6) is 11.5 Å². The van der Waals surface area contributed by atoms with Crippen molar-refractivity contribution in [2.24, 2.45) is 0 Å². The van der Waals surface area contributed by atoms with Crippen molar-refractivity contribution in [3.8, 4) is 11.5 Å². The molecular weight excluding hydrogens is 422 g/mol. The van der Waals surface area contributed by atoms with Gasteiger partial charge in [-0.25, -0.2) is 4.98 Å². The maximum Gasteiger partial charge on any atom is 0.262 e. The van der Waals surface area contributed by atoms with Gasteiger partial charge in [-0.1, -0.05) is 0 Å².